The van der Waals surface area contributed by atoms with Gasteiger partial charge in [0.1, 0.15) is 30.0 Å². The fourth-order valence-electron chi connectivity index (χ4n) is 6.09. The molecule has 1 saturated heterocycles. The third-order valence-corrected chi connectivity index (χ3v) is 8.87. The smallest absolute Gasteiger partial charge is 0.408 e. The van der Waals surface area contributed by atoms with E-state index in [0.717, 1.165) is 5.56 Å². The number of nitrogens with zero attached hydrogens (tertiary/aromatic N) is 1. The second-order valence-electron chi connectivity index (χ2n) is 14.0. The number of hydrogen-bond donors (Lipinski definition) is 3. The maximum atomic E-state index is 13.8. The van der Waals surface area contributed by atoms with Gasteiger partial charge in [-0.1, -0.05) is 64.4 Å². The Balaban J connectivity index is 2.08. The van der Waals surface area contributed by atoms with Gasteiger partial charge in [0.05, 0.1) is 18.6 Å². The van der Waals surface area contributed by atoms with Crippen LogP contribution in [0, 0.1) is 11.8 Å². The van der Waals surface area contributed by atoms with Gasteiger partial charge in [0, 0.05) is 41.5 Å². The molecule has 0 bridgehead atoms. The van der Waals surface area contributed by atoms with Crippen molar-refractivity contribution in [3.05, 3.63) is 35.9 Å². The molecule has 278 valence electrons. The zero-order valence-corrected chi connectivity index (χ0v) is 31.2. The molecule has 13 heteroatoms. The first-order valence-corrected chi connectivity index (χ1v) is 17.2. The van der Waals surface area contributed by atoms with E-state index in [1.54, 1.807) is 32.7 Å². The molecular weight excluding hydrogens is 632 g/mol. The summed E-state index contributed by atoms with van der Waals surface area (Å²) >= 11 is 0. The van der Waals surface area contributed by atoms with Crippen LogP contribution in [0.2, 0.25) is 0 Å². The standard InChI is InChI=1S/C36H60N4O9/c1-12-23(4)29(40(8)34(43)28(22(2)3)39-35(44)49-36(5,6)7)25(45-9)20-27(41)38-21-26-30(46-10)31(47-11)32(48-26)33(42)37-19-18-24-16-14-13-15-17-24/h13-17,22-23,25-26,28-32H,12,18-21H2,1-11H3,(H,37,42)(H,38,41)(H,39,44)/t23-,25+,26+,28-,29-,30+,31-,32+/m0/s1. The van der Waals surface area contributed by atoms with Gasteiger partial charge in [-0.2, -0.15) is 0 Å². The molecule has 1 aromatic carbocycles. The fraction of sp³-hybridized carbons (Fsp3) is 0.722. The van der Waals surface area contributed by atoms with E-state index >= 15 is 0 Å². The van der Waals surface area contributed by atoms with E-state index in [1.807, 2.05) is 58.0 Å². The number of ether oxygens (including phenoxy) is 5. The highest BCUT2D eigenvalue weighted by molar-refractivity contribution is 5.86. The van der Waals surface area contributed by atoms with Crippen molar-refractivity contribution in [3.8, 4) is 0 Å². The minimum absolute atomic E-state index is 0.0410. The molecule has 3 N–H and O–H groups in total. The molecule has 0 unspecified atom stereocenters. The van der Waals surface area contributed by atoms with Gasteiger partial charge in [-0.3, -0.25) is 14.4 Å². The van der Waals surface area contributed by atoms with Crippen molar-refractivity contribution in [2.24, 2.45) is 11.8 Å². The Morgan fingerprint density at radius 2 is 1.59 bits per heavy atom. The summed E-state index contributed by atoms with van der Waals surface area (Å²) in [5.74, 6) is -1.22. The number of amides is 4. The number of alkyl carbamates (subject to hydrolysis) is 1. The van der Waals surface area contributed by atoms with Gasteiger partial charge in [-0.25, -0.2) is 4.79 Å². The summed E-state index contributed by atoms with van der Waals surface area (Å²) in [6.07, 6.45) is -2.84. The van der Waals surface area contributed by atoms with Gasteiger partial charge < -0.3 is 44.5 Å². The van der Waals surface area contributed by atoms with Gasteiger partial charge in [-0.05, 0) is 44.6 Å². The summed E-state index contributed by atoms with van der Waals surface area (Å²) in [5, 5.41) is 8.55. The molecular formula is C36H60N4O9. The maximum absolute atomic E-state index is 13.8. The number of carbonyl (C=O) groups excluding carboxylic acids is 4. The Morgan fingerprint density at radius 3 is 2.12 bits per heavy atom. The van der Waals surface area contributed by atoms with E-state index in [2.05, 4.69) is 16.0 Å². The summed E-state index contributed by atoms with van der Waals surface area (Å²) in [4.78, 5) is 54.4. The minimum atomic E-state index is -0.919. The van der Waals surface area contributed by atoms with Gasteiger partial charge in [-0.15, -0.1) is 0 Å². The van der Waals surface area contributed by atoms with Crippen LogP contribution in [0.15, 0.2) is 30.3 Å². The van der Waals surface area contributed by atoms with Crippen LogP contribution in [-0.4, -0.2) is 118 Å². The number of likely N-dealkylation sites (N-methyl/N-ethyl adjacent to an activating group) is 1. The lowest BCUT2D eigenvalue weighted by Gasteiger charge is -2.39. The summed E-state index contributed by atoms with van der Waals surface area (Å²) in [6, 6.07) is 8.51. The van der Waals surface area contributed by atoms with Crippen molar-refractivity contribution >= 4 is 23.8 Å². The van der Waals surface area contributed by atoms with Gasteiger partial charge in [0.25, 0.3) is 5.91 Å². The molecule has 2 rings (SSSR count). The third-order valence-electron chi connectivity index (χ3n) is 8.87. The van der Waals surface area contributed by atoms with Crippen LogP contribution in [0.5, 0.6) is 0 Å². The molecule has 1 aliphatic heterocycles. The molecule has 1 heterocycles. The average molecular weight is 693 g/mol. The highest BCUT2D eigenvalue weighted by atomic mass is 16.6. The van der Waals surface area contributed by atoms with Crippen LogP contribution in [0.25, 0.3) is 0 Å². The minimum Gasteiger partial charge on any atom is -0.444 e. The lowest BCUT2D eigenvalue weighted by molar-refractivity contribution is -0.142. The average Bonchev–Trinajstić information content (AvgIpc) is 3.42. The van der Waals surface area contributed by atoms with Crippen molar-refractivity contribution in [1.29, 1.82) is 0 Å². The number of methoxy groups -OCH3 is 3. The van der Waals surface area contributed by atoms with Crippen molar-refractivity contribution in [1.82, 2.24) is 20.9 Å². The molecule has 8 atom stereocenters. The molecule has 0 radical (unpaired) electrons. The first-order valence-electron chi connectivity index (χ1n) is 17.2. The predicted molar refractivity (Wildman–Crippen MR) is 186 cm³/mol. The summed E-state index contributed by atoms with van der Waals surface area (Å²) < 4.78 is 28.6. The first-order chi connectivity index (χ1) is 23.1. The Morgan fingerprint density at radius 1 is 0.959 bits per heavy atom. The zero-order valence-electron chi connectivity index (χ0n) is 31.2. The topological polar surface area (TPSA) is 154 Å². The molecule has 4 amide bonds. The highest BCUT2D eigenvalue weighted by Crippen LogP contribution is 2.27. The maximum Gasteiger partial charge on any atom is 0.408 e. The normalized spacial score (nSPS) is 21.7. The van der Waals surface area contributed by atoms with E-state index in [1.165, 1.54) is 21.3 Å². The molecule has 1 aromatic rings. The second-order valence-corrected chi connectivity index (χ2v) is 14.0. The number of rotatable bonds is 18. The van der Waals surface area contributed by atoms with E-state index in [0.29, 0.717) is 19.4 Å². The van der Waals surface area contributed by atoms with Crippen LogP contribution in [0.3, 0.4) is 0 Å². The lowest BCUT2D eigenvalue weighted by Crippen LogP contribution is -2.57. The van der Waals surface area contributed by atoms with Gasteiger partial charge in [0.15, 0.2) is 6.10 Å². The molecule has 0 aromatic heterocycles. The van der Waals surface area contributed by atoms with Crippen molar-refractivity contribution in [3.63, 3.8) is 0 Å². The van der Waals surface area contributed by atoms with Crippen LogP contribution in [0.1, 0.15) is 66.9 Å². The molecule has 0 aliphatic carbocycles. The van der Waals surface area contributed by atoms with Crippen LogP contribution < -0.4 is 16.0 Å². The summed E-state index contributed by atoms with van der Waals surface area (Å²) in [6.45, 7) is 13.5. The molecule has 1 fully saturated rings. The quantitative estimate of drug-likeness (QED) is 0.211. The lowest BCUT2D eigenvalue weighted by atomic mass is 9.90. The van der Waals surface area contributed by atoms with Gasteiger partial charge >= 0.3 is 6.09 Å². The Hall–Kier alpha value is -3.26. The summed E-state index contributed by atoms with van der Waals surface area (Å²) in [5.41, 5.74) is 0.382. The largest absolute Gasteiger partial charge is 0.444 e. The molecule has 49 heavy (non-hydrogen) atoms. The molecule has 1 aliphatic rings. The molecule has 0 spiro atoms. The molecule has 13 nitrogen and oxygen atoms in total. The zero-order chi connectivity index (χ0) is 36.9. The fourth-order valence-corrected chi connectivity index (χ4v) is 6.09. The van der Waals surface area contributed by atoms with Crippen molar-refractivity contribution in [2.45, 2.75) is 116 Å². The predicted octanol–water partition coefficient (Wildman–Crippen LogP) is 3.09. The van der Waals surface area contributed by atoms with Gasteiger partial charge in [0.2, 0.25) is 11.8 Å². The Bertz CT molecular complexity index is 1190. The Kier molecular flexibility index (Phi) is 16.9. The number of hydrogen-bond acceptors (Lipinski definition) is 9. The number of carbonyl (C=O) groups is 4. The second kappa shape index (κ2) is 19.8. The van der Waals surface area contributed by atoms with E-state index in [4.69, 9.17) is 23.7 Å². The highest BCUT2D eigenvalue weighted by Gasteiger charge is 2.48. The van der Waals surface area contributed by atoms with E-state index < -0.39 is 54.3 Å². The van der Waals surface area contributed by atoms with Crippen molar-refractivity contribution < 1.29 is 42.9 Å². The molecule has 0 saturated carbocycles. The SMILES string of the molecule is CC[C@H](C)[C@@H]([C@@H](CC(=O)NC[C@H]1O[C@@H](C(=O)NCCc2ccccc2)[C@@H](OC)[C@@H]1OC)OC)N(C)C(=O)[C@@H](NC(=O)OC(C)(C)C)C(C)C. The van der Waals surface area contributed by atoms with Crippen LogP contribution in [0.4, 0.5) is 4.79 Å². The monoisotopic (exact) mass is 692 g/mol. The first kappa shape index (κ1) is 41.9. The van der Waals surface area contributed by atoms with Crippen molar-refractivity contribution in [2.75, 3.05) is 41.5 Å². The van der Waals surface area contributed by atoms with Crippen LogP contribution in [-0.2, 0) is 44.5 Å². The number of nitrogens with one attached hydrogen (secondary N) is 3. The number of benzene rings is 1. The van der Waals surface area contributed by atoms with E-state index in [-0.39, 0.29) is 42.5 Å². The van der Waals surface area contributed by atoms with E-state index in [9.17, 15) is 19.2 Å². The summed E-state index contributed by atoms with van der Waals surface area (Å²) in [7, 11) is 6.18. The van der Waals surface area contributed by atoms with Crippen LogP contribution >= 0.6 is 0 Å². The third kappa shape index (κ3) is 12.5. The Labute approximate surface area is 292 Å².